The second-order valence-electron chi connectivity index (χ2n) is 39.0. The number of aromatic amines is 2. The number of ketones is 7. The molecule has 0 radical (unpaired) electrons. The van der Waals surface area contributed by atoms with E-state index in [4.69, 9.17) is 45.9 Å². The van der Waals surface area contributed by atoms with E-state index in [1.807, 2.05) is 41.5 Å². The number of aliphatic hydroxyl groups is 2. The molecule has 2 rings (SSSR count). The number of imidazole rings is 2. The minimum absolute atomic E-state index is 0.00232. The SMILES string of the molecule is CCCCCCCCCCCCCCCC(=O)N[C@@H](CCCCN)C(=O)C[C@@H](CC(C)C)C(=O)N[C@@H](CO)C(=O)C[C@@H](Cc1cnc[nH]1)C(=O)N[C@@H](CO)C(C)=O.CCCCC[C@H](NC(=O)[C@@H](CC(=O)[C@H](C)NC(=O)[C@H](CCCCN)CC(=O)[C@H](CCCN=C(N)N)NC(=O)[C@H](CCCCN)CC(=O)[C@H](CCC(N)=O)NC(=O)[C@@H](CC(=O)CNC(=O)[C@@H](CC)CCCCN)Cc1cnc[nH]1)CC(C)C)C(N)=O. The molecule has 10 amide bonds. The van der Waals surface area contributed by atoms with Gasteiger partial charge < -0.3 is 109 Å². The Labute approximate surface area is 842 Å². The fraction of sp³-hybridized carbons (Fsp3) is 0.765. The van der Waals surface area contributed by atoms with Crippen molar-refractivity contribution >= 4 is 106 Å². The molecule has 2 aromatic heterocycles. The van der Waals surface area contributed by atoms with Crippen LogP contribution in [0.1, 0.15) is 350 Å². The van der Waals surface area contributed by atoms with Crippen LogP contribution in [-0.4, -0.2) is 230 Å². The van der Waals surface area contributed by atoms with Gasteiger partial charge in [-0.1, -0.05) is 164 Å². The molecule has 0 saturated carbocycles. The molecule has 0 fully saturated rings. The van der Waals surface area contributed by atoms with Crippen molar-refractivity contribution < 1.29 is 91.7 Å². The first-order chi connectivity index (χ1) is 67.8. The molecular weight excluding hydrogens is 1820 g/mol. The van der Waals surface area contributed by atoms with Crippen LogP contribution in [0, 0.1) is 53.3 Å². The number of hydrogen-bond acceptors (Lipinski definition) is 26. The standard InChI is InChI=1S/C59H105N15O11.C43H76N6O8/c1-6-8-9-20-48(53(64)80)74-57(84)42(28-37(3)4)33-49(76)38(5)71-55(82)40(18-11-14-25-61)31-50(77)46(21-16-27-68-59(65)66)72-56(83)41(19-12-15-26-62)32-51(78)47(22-23-52(63)79)73-58(85)43(29-44-34-67-36-70-44)30-45(75)35-69-54(81)39(7-2)17-10-13-24-60;1-5-6-7-8-9-10-11-12-13-14-15-16-17-21-41(55)47-36(20-18-19-22-44)39(53)25-33(23-31(2)3)42(56)49-38(29-51)40(54)26-34(24-35-27-45-30-46-35)43(57)48-37(28-50)32(4)52/h34,36-43,46-48H,6-33,35,60-62H2,1-5H3,(H2,63,79)(H2,64,80)(H,67,70)(H,69,81)(H,71,82)(H,72,83)(H,73,85)(H,74,84)(H4,65,66,68);27,30-31,33-34,36-38,50-51H,5-26,28-29,44H2,1-4H3,(H,45,46)(H,47,55)(H,48,57)(H,49,56)/t38-,39-,40+,41+,42+,43+,46-,47-,48-;33-,34-,36+,37+,38+/m01/s1. The minimum Gasteiger partial charge on any atom is -0.394 e. The third-order valence-electron chi connectivity index (χ3n) is 25.5. The van der Waals surface area contributed by atoms with Gasteiger partial charge in [0.1, 0.15) is 18.1 Å². The van der Waals surface area contributed by atoms with Gasteiger partial charge in [0.2, 0.25) is 59.1 Å². The molecule has 142 heavy (non-hydrogen) atoms. The maximum Gasteiger partial charge on any atom is 0.239 e. The van der Waals surface area contributed by atoms with Crippen molar-refractivity contribution in [3.05, 3.63) is 36.4 Å². The number of primary amides is 2. The fourth-order valence-corrected chi connectivity index (χ4v) is 17.0. The Balaban J connectivity index is 0.00000153. The molecule has 0 aromatic carbocycles. The number of nitrogens with one attached hydrogen (secondary N) is 10. The zero-order chi connectivity index (χ0) is 106. The van der Waals surface area contributed by atoms with Crippen molar-refractivity contribution in [1.29, 1.82) is 0 Å². The van der Waals surface area contributed by atoms with Crippen molar-refractivity contribution in [3.8, 4) is 0 Å². The summed E-state index contributed by atoms with van der Waals surface area (Å²) in [6, 6.07) is -7.85. The molecule has 0 aliphatic heterocycles. The van der Waals surface area contributed by atoms with E-state index in [0.29, 0.717) is 121 Å². The Kier molecular flexibility index (Phi) is 71.6. The van der Waals surface area contributed by atoms with Gasteiger partial charge in [-0.25, -0.2) is 9.97 Å². The van der Waals surface area contributed by atoms with Gasteiger partial charge in [-0.2, -0.15) is 0 Å². The van der Waals surface area contributed by atoms with Gasteiger partial charge >= 0.3 is 0 Å². The number of aromatic nitrogens is 4. The molecule has 14 atom stereocenters. The summed E-state index contributed by atoms with van der Waals surface area (Å²) >= 11 is 0. The number of guanidine groups is 1. The Morgan fingerprint density at radius 1 is 0.366 bits per heavy atom. The second kappa shape index (κ2) is 78.3. The van der Waals surface area contributed by atoms with Crippen LogP contribution in [0.5, 0.6) is 0 Å². The number of H-pyrrole nitrogens is 2. The van der Waals surface area contributed by atoms with E-state index in [-0.39, 0.29) is 138 Å². The molecule has 2 aromatic rings. The summed E-state index contributed by atoms with van der Waals surface area (Å²) in [5.74, 6) is -15.4. The van der Waals surface area contributed by atoms with Crippen LogP contribution in [0.25, 0.3) is 0 Å². The van der Waals surface area contributed by atoms with Gasteiger partial charge in [-0.15, -0.1) is 0 Å². The summed E-state index contributed by atoms with van der Waals surface area (Å²) in [4.78, 5) is 247. The number of nitrogens with two attached hydrogens (primary N) is 8. The van der Waals surface area contributed by atoms with Gasteiger partial charge in [-0.05, 0) is 161 Å². The highest BCUT2D eigenvalue weighted by atomic mass is 16.3. The number of nitrogens with zero attached hydrogens (tertiary/aromatic N) is 3. The van der Waals surface area contributed by atoms with Crippen LogP contribution in [0.4, 0.5) is 0 Å². The van der Waals surface area contributed by atoms with Crippen molar-refractivity contribution in [1.82, 2.24) is 62.5 Å². The van der Waals surface area contributed by atoms with E-state index in [2.05, 4.69) is 74.4 Å². The lowest BCUT2D eigenvalue weighted by atomic mass is 9.88. The monoisotopic (exact) mass is 2000 g/mol. The molecule has 0 spiro atoms. The summed E-state index contributed by atoms with van der Waals surface area (Å²) in [6.07, 6.45) is 29.4. The van der Waals surface area contributed by atoms with E-state index in [1.54, 1.807) is 0 Å². The molecule has 0 saturated heterocycles. The second-order valence-corrected chi connectivity index (χ2v) is 39.0. The molecule has 808 valence electrons. The zero-order valence-electron chi connectivity index (χ0n) is 86.8. The first-order valence-corrected chi connectivity index (χ1v) is 52.4. The van der Waals surface area contributed by atoms with E-state index in [1.165, 1.54) is 96.7 Å². The van der Waals surface area contributed by atoms with Crippen molar-refractivity contribution in [2.45, 2.75) is 394 Å². The van der Waals surface area contributed by atoms with Crippen molar-refractivity contribution in [3.63, 3.8) is 0 Å². The van der Waals surface area contributed by atoms with Gasteiger partial charge in [-0.3, -0.25) is 86.5 Å². The maximum absolute atomic E-state index is 14.5. The Morgan fingerprint density at radius 2 is 0.725 bits per heavy atom. The number of unbranched alkanes of at least 4 members (excludes halogenated alkanes) is 18. The molecule has 0 bridgehead atoms. The molecular formula is C102H181N21O19. The van der Waals surface area contributed by atoms with Crippen molar-refractivity contribution in [2.75, 3.05) is 52.5 Å². The van der Waals surface area contributed by atoms with Gasteiger partial charge in [0, 0.05) is 124 Å². The highest BCUT2D eigenvalue weighted by molar-refractivity contribution is 6.00. The summed E-state index contributed by atoms with van der Waals surface area (Å²) in [5, 5.41) is 41.5. The molecule has 40 nitrogen and oxygen atoms in total. The number of carbonyl (C=O) groups excluding carboxylic acids is 17. The van der Waals surface area contributed by atoms with Crippen LogP contribution in [0.15, 0.2) is 30.0 Å². The Bertz CT molecular complexity index is 4030. The Hall–Kier alpha value is -10.2. The van der Waals surface area contributed by atoms with Crippen molar-refractivity contribution in [2.24, 2.45) is 104 Å². The first-order valence-electron chi connectivity index (χ1n) is 52.4. The molecule has 0 unspecified atom stereocenters. The number of amides is 10. The van der Waals surface area contributed by atoms with Crippen LogP contribution < -0.4 is 88.4 Å². The number of carbonyl (C=O) groups is 17. The maximum atomic E-state index is 14.5. The molecule has 2 heterocycles. The average Bonchev–Trinajstić information content (AvgIpc) is 1.01. The number of hydrogen-bond donors (Lipinski definition) is 20. The summed E-state index contributed by atoms with van der Waals surface area (Å²) in [7, 11) is 0. The van der Waals surface area contributed by atoms with Gasteiger partial charge in [0.25, 0.3) is 0 Å². The quantitative estimate of drug-likeness (QED) is 0.0206. The van der Waals surface area contributed by atoms with Crippen LogP contribution >= 0.6 is 0 Å². The van der Waals surface area contributed by atoms with Gasteiger partial charge in [0.15, 0.2) is 46.4 Å². The number of rotatable bonds is 87. The minimum atomic E-state index is -1.36. The van der Waals surface area contributed by atoms with Crippen LogP contribution in [-0.2, 0) is 94.3 Å². The van der Waals surface area contributed by atoms with E-state index in [0.717, 1.165) is 51.4 Å². The lowest BCUT2D eigenvalue weighted by Gasteiger charge is -2.26. The third kappa shape index (κ3) is 59.2. The van der Waals surface area contributed by atoms with Crippen LogP contribution in [0.3, 0.4) is 0 Å². The first kappa shape index (κ1) is 130. The van der Waals surface area contributed by atoms with E-state index >= 15 is 0 Å². The van der Waals surface area contributed by atoms with E-state index < -0.39 is 186 Å². The van der Waals surface area contributed by atoms with E-state index in [9.17, 15) is 91.7 Å². The number of aliphatic imine (C=N–C) groups is 1. The summed E-state index contributed by atoms with van der Waals surface area (Å²) < 4.78 is 0. The highest BCUT2D eigenvalue weighted by Crippen LogP contribution is 2.27. The lowest BCUT2D eigenvalue weighted by Crippen LogP contribution is -2.49. The predicted octanol–water partition coefficient (Wildman–Crippen LogP) is 5.96. The number of Topliss-reactive ketones (excluding diaryl/α,β-unsaturated/α-hetero) is 7. The van der Waals surface area contributed by atoms with Crippen LogP contribution in [0.2, 0.25) is 0 Å². The summed E-state index contributed by atoms with van der Waals surface area (Å²) in [6.45, 7) is 16.3. The molecule has 0 aliphatic carbocycles. The lowest BCUT2D eigenvalue weighted by molar-refractivity contribution is -0.136. The molecule has 28 N–H and O–H groups in total. The largest absolute Gasteiger partial charge is 0.394 e. The predicted molar refractivity (Wildman–Crippen MR) is 547 cm³/mol. The Morgan fingerprint density at radius 3 is 1.15 bits per heavy atom. The molecule has 40 heteroatoms. The number of aliphatic hydroxyl groups excluding tert-OH is 2. The normalized spacial score (nSPS) is 14.3. The van der Waals surface area contributed by atoms with Gasteiger partial charge in [0.05, 0.1) is 68.4 Å². The fourth-order valence-electron chi connectivity index (χ4n) is 17.0. The third-order valence-corrected chi connectivity index (χ3v) is 25.5. The summed E-state index contributed by atoms with van der Waals surface area (Å²) in [5.41, 5.74) is 46.4. The smallest absolute Gasteiger partial charge is 0.239 e. The zero-order valence-corrected chi connectivity index (χ0v) is 86.8. The highest BCUT2D eigenvalue weighted by Gasteiger charge is 2.39. The topological polar surface area (TPSA) is 705 Å². The molecule has 0 aliphatic rings. The average molecular weight is 2010 g/mol.